The van der Waals surface area contributed by atoms with E-state index in [1.54, 1.807) is 23.1 Å². The van der Waals surface area contributed by atoms with E-state index in [4.69, 9.17) is 25.4 Å². The molecule has 1 heterocycles. The van der Waals surface area contributed by atoms with Gasteiger partial charge >= 0.3 is 0 Å². The normalized spacial score (nSPS) is 13.6. The van der Waals surface area contributed by atoms with Gasteiger partial charge < -0.3 is 14.4 Å². The summed E-state index contributed by atoms with van der Waals surface area (Å²) in [6.07, 6.45) is 0. The molecular formula is C16H12ClFN2O4S. The van der Waals surface area contributed by atoms with Crippen molar-refractivity contribution in [3.8, 4) is 17.6 Å². The Labute approximate surface area is 148 Å². The monoisotopic (exact) mass is 382 g/mol. The van der Waals surface area contributed by atoms with Crippen LogP contribution in [0.25, 0.3) is 0 Å². The van der Waals surface area contributed by atoms with Crippen LogP contribution in [0.15, 0.2) is 35.2 Å². The first-order valence-electron chi connectivity index (χ1n) is 7.12. The molecule has 2 aromatic rings. The molecule has 3 rings (SSSR count). The van der Waals surface area contributed by atoms with Gasteiger partial charge in [0.25, 0.3) is 9.05 Å². The summed E-state index contributed by atoms with van der Waals surface area (Å²) in [4.78, 5) is 1.09. The standard InChI is InChI=1S/C16H12ClFN2O4S/c1-23-14-6-10(9-19)2-3-12(14)20-4-5-24-15-8-16(25(17,21)22)11(18)7-13(15)20/h2-3,6-8H,4-5H2,1H3. The summed E-state index contributed by atoms with van der Waals surface area (Å²) in [7, 11) is 2.48. The third-order valence-electron chi connectivity index (χ3n) is 3.74. The number of nitriles is 1. The molecule has 25 heavy (non-hydrogen) atoms. The predicted molar refractivity (Wildman–Crippen MR) is 89.6 cm³/mol. The Morgan fingerprint density at radius 3 is 2.72 bits per heavy atom. The quantitative estimate of drug-likeness (QED) is 0.758. The number of methoxy groups -OCH3 is 1. The van der Waals surface area contributed by atoms with Gasteiger partial charge in [-0.15, -0.1) is 0 Å². The fourth-order valence-corrected chi connectivity index (χ4v) is 3.52. The number of benzene rings is 2. The molecule has 0 N–H and O–H groups in total. The first kappa shape index (κ1) is 17.3. The van der Waals surface area contributed by atoms with Crippen LogP contribution >= 0.6 is 10.7 Å². The van der Waals surface area contributed by atoms with E-state index in [0.29, 0.717) is 29.2 Å². The number of anilines is 2. The van der Waals surface area contributed by atoms with Crippen LogP contribution in [0.3, 0.4) is 0 Å². The van der Waals surface area contributed by atoms with Gasteiger partial charge in [-0.2, -0.15) is 5.26 Å². The van der Waals surface area contributed by atoms with Crippen molar-refractivity contribution < 1.29 is 22.3 Å². The molecule has 0 saturated heterocycles. The highest BCUT2D eigenvalue weighted by atomic mass is 35.7. The lowest BCUT2D eigenvalue weighted by molar-refractivity contribution is 0.311. The molecule has 0 amide bonds. The highest BCUT2D eigenvalue weighted by molar-refractivity contribution is 8.13. The van der Waals surface area contributed by atoms with Crippen molar-refractivity contribution in [2.75, 3.05) is 25.2 Å². The molecule has 6 nitrogen and oxygen atoms in total. The number of nitrogens with zero attached hydrogens (tertiary/aromatic N) is 2. The molecule has 0 bridgehead atoms. The molecule has 0 atom stereocenters. The number of halogens is 2. The molecule has 130 valence electrons. The maximum absolute atomic E-state index is 14.2. The van der Waals surface area contributed by atoms with E-state index in [-0.39, 0.29) is 12.4 Å². The largest absolute Gasteiger partial charge is 0.495 e. The molecule has 0 saturated carbocycles. The van der Waals surface area contributed by atoms with E-state index < -0.39 is 19.8 Å². The van der Waals surface area contributed by atoms with Gasteiger partial charge in [-0.25, -0.2) is 12.8 Å². The fourth-order valence-electron chi connectivity index (χ4n) is 2.63. The molecule has 0 unspecified atom stereocenters. The zero-order valence-electron chi connectivity index (χ0n) is 13.0. The summed E-state index contributed by atoms with van der Waals surface area (Å²) in [6.45, 7) is 0.644. The predicted octanol–water partition coefficient (Wildman–Crippen LogP) is 3.16. The van der Waals surface area contributed by atoms with Crippen LogP contribution in [0.5, 0.6) is 11.5 Å². The summed E-state index contributed by atoms with van der Waals surface area (Å²) in [5.74, 6) is -0.350. The number of hydrogen-bond acceptors (Lipinski definition) is 6. The van der Waals surface area contributed by atoms with Crippen LogP contribution < -0.4 is 14.4 Å². The smallest absolute Gasteiger partial charge is 0.264 e. The average molecular weight is 383 g/mol. The second-order valence-corrected chi connectivity index (χ2v) is 7.72. The zero-order valence-corrected chi connectivity index (χ0v) is 14.6. The van der Waals surface area contributed by atoms with Crippen molar-refractivity contribution >= 4 is 31.1 Å². The van der Waals surface area contributed by atoms with E-state index in [1.807, 2.05) is 6.07 Å². The Balaban J connectivity index is 2.15. The van der Waals surface area contributed by atoms with Crippen LogP contribution in [0.2, 0.25) is 0 Å². The van der Waals surface area contributed by atoms with Gasteiger partial charge in [-0.05, 0) is 12.1 Å². The number of ether oxygens (including phenoxy) is 2. The van der Waals surface area contributed by atoms with Crippen LogP contribution in [0, 0.1) is 17.1 Å². The van der Waals surface area contributed by atoms with Gasteiger partial charge in [-0.3, -0.25) is 0 Å². The maximum atomic E-state index is 14.2. The average Bonchev–Trinajstić information content (AvgIpc) is 2.59. The lowest BCUT2D eigenvalue weighted by Crippen LogP contribution is -2.29. The van der Waals surface area contributed by atoms with Crippen molar-refractivity contribution in [3.63, 3.8) is 0 Å². The van der Waals surface area contributed by atoms with Gasteiger partial charge in [0.2, 0.25) is 0 Å². The van der Waals surface area contributed by atoms with Crippen LogP contribution in [-0.4, -0.2) is 28.7 Å². The summed E-state index contributed by atoms with van der Waals surface area (Å²) in [5, 5.41) is 9.00. The fraction of sp³-hybridized carbons (Fsp3) is 0.188. The van der Waals surface area contributed by atoms with Gasteiger partial charge in [0.15, 0.2) is 0 Å². The molecule has 1 aliphatic heterocycles. The molecule has 0 aromatic heterocycles. The molecule has 9 heteroatoms. The number of hydrogen-bond donors (Lipinski definition) is 0. The Morgan fingerprint density at radius 1 is 1.32 bits per heavy atom. The van der Waals surface area contributed by atoms with E-state index in [2.05, 4.69) is 0 Å². The zero-order chi connectivity index (χ0) is 18.2. The van der Waals surface area contributed by atoms with Crippen molar-refractivity contribution in [3.05, 3.63) is 41.7 Å². The third kappa shape index (κ3) is 3.21. The molecule has 2 aromatic carbocycles. The SMILES string of the molecule is COc1cc(C#N)ccc1N1CCOc2cc(S(=O)(=O)Cl)c(F)cc21. The summed E-state index contributed by atoms with van der Waals surface area (Å²) < 4.78 is 48.0. The van der Waals surface area contributed by atoms with Crippen molar-refractivity contribution in [1.82, 2.24) is 0 Å². The number of rotatable bonds is 3. The molecule has 0 aliphatic carbocycles. The third-order valence-corrected chi connectivity index (χ3v) is 5.08. The first-order chi connectivity index (χ1) is 11.8. The first-order valence-corrected chi connectivity index (χ1v) is 9.43. The van der Waals surface area contributed by atoms with Gasteiger partial charge in [0, 0.05) is 28.9 Å². The van der Waals surface area contributed by atoms with Crippen LogP contribution in [-0.2, 0) is 9.05 Å². The van der Waals surface area contributed by atoms with E-state index in [1.165, 1.54) is 7.11 Å². The summed E-state index contributed by atoms with van der Waals surface area (Å²) >= 11 is 0. The van der Waals surface area contributed by atoms with E-state index in [9.17, 15) is 12.8 Å². The Hall–Kier alpha value is -2.50. The van der Waals surface area contributed by atoms with Crippen LogP contribution in [0.1, 0.15) is 5.56 Å². The number of fused-ring (bicyclic) bond motifs is 1. The molecule has 0 spiro atoms. The highest BCUT2D eigenvalue weighted by Crippen LogP contribution is 2.42. The van der Waals surface area contributed by atoms with Crippen molar-refractivity contribution in [2.45, 2.75) is 4.90 Å². The van der Waals surface area contributed by atoms with Crippen molar-refractivity contribution in [1.29, 1.82) is 5.26 Å². The van der Waals surface area contributed by atoms with E-state index >= 15 is 0 Å². The topological polar surface area (TPSA) is 79.6 Å². The minimum Gasteiger partial charge on any atom is -0.495 e. The second-order valence-electron chi connectivity index (χ2n) is 5.19. The molecule has 0 radical (unpaired) electrons. The van der Waals surface area contributed by atoms with Gasteiger partial charge in [0.05, 0.1) is 36.7 Å². The molecule has 0 fully saturated rings. The Bertz CT molecular complexity index is 988. The maximum Gasteiger partial charge on any atom is 0.264 e. The summed E-state index contributed by atoms with van der Waals surface area (Å²) in [6, 6.07) is 9.00. The highest BCUT2D eigenvalue weighted by Gasteiger charge is 2.27. The molecule has 1 aliphatic rings. The second kappa shape index (κ2) is 6.43. The Morgan fingerprint density at radius 2 is 2.08 bits per heavy atom. The minimum absolute atomic E-state index is 0.193. The van der Waals surface area contributed by atoms with Gasteiger partial charge in [0.1, 0.15) is 28.8 Å². The van der Waals surface area contributed by atoms with Crippen molar-refractivity contribution in [2.24, 2.45) is 0 Å². The Kier molecular flexibility index (Phi) is 4.45. The summed E-state index contributed by atoms with van der Waals surface area (Å²) in [5.41, 5.74) is 1.37. The minimum atomic E-state index is -4.23. The lowest BCUT2D eigenvalue weighted by Gasteiger charge is -2.32. The van der Waals surface area contributed by atoms with E-state index in [0.717, 1.165) is 12.1 Å². The van der Waals surface area contributed by atoms with Crippen LogP contribution in [0.4, 0.5) is 15.8 Å². The lowest BCUT2D eigenvalue weighted by atomic mass is 10.1. The molecular weight excluding hydrogens is 371 g/mol. The van der Waals surface area contributed by atoms with Gasteiger partial charge in [-0.1, -0.05) is 0 Å².